The van der Waals surface area contributed by atoms with Crippen LogP contribution in [0.15, 0.2) is 30.5 Å². The molecule has 0 aromatic heterocycles. The largest absolute Gasteiger partial charge is 0.507 e. The lowest BCUT2D eigenvalue weighted by Crippen LogP contribution is -2.54. The van der Waals surface area contributed by atoms with Gasteiger partial charge in [0.2, 0.25) is 12.1 Å². The normalized spacial score (nSPS) is 29.6. The number of nitrogens with zero attached hydrogens (tertiary/aromatic N) is 1. The highest BCUT2D eigenvalue weighted by molar-refractivity contribution is 6.31. The van der Waals surface area contributed by atoms with Gasteiger partial charge in [0.15, 0.2) is 5.78 Å². The summed E-state index contributed by atoms with van der Waals surface area (Å²) in [6.07, 6.45) is 3.29. The number of hydrogen-bond donors (Lipinski definition) is 3. The number of aliphatic hydroxyl groups is 2. The number of rotatable bonds is 4. The summed E-state index contributed by atoms with van der Waals surface area (Å²) in [6.45, 7) is 2.53. The third kappa shape index (κ3) is 4.13. The molecular weight excluding hydrogens is 501 g/mol. The Balaban J connectivity index is 1.50. The number of carbonyl (C=O) groups is 2. The first kappa shape index (κ1) is 25.9. The lowest BCUT2D eigenvalue weighted by atomic mass is 9.67. The van der Waals surface area contributed by atoms with Crippen molar-refractivity contribution in [2.24, 2.45) is 0 Å². The second-order valence-electron chi connectivity index (χ2n) is 10.8. The molecule has 1 saturated heterocycles. The van der Waals surface area contributed by atoms with E-state index in [4.69, 9.17) is 22.1 Å². The Hall–Kier alpha value is -3.34. The molecule has 1 fully saturated rings. The zero-order chi connectivity index (χ0) is 27.6. The van der Waals surface area contributed by atoms with E-state index in [0.29, 0.717) is 12.0 Å². The molecule has 0 amide bonds. The van der Waals surface area contributed by atoms with Crippen LogP contribution in [0.2, 0.25) is 0 Å². The van der Waals surface area contributed by atoms with Crippen molar-refractivity contribution in [2.45, 2.75) is 69.1 Å². The van der Waals surface area contributed by atoms with E-state index in [0.717, 1.165) is 13.0 Å². The van der Waals surface area contributed by atoms with Crippen molar-refractivity contribution in [3.63, 3.8) is 0 Å². The van der Waals surface area contributed by atoms with Crippen molar-refractivity contribution in [2.75, 3.05) is 13.7 Å². The van der Waals surface area contributed by atoms with E-state index in [-0.39, 0.29) is 70.4 Å². The average molecular weight is 531 g/mol. The van der Waals surface area contributed by atoms with Gasteiger partial charge in [-0.25, -0.2) is 0 Å². The van der Waals surface area contributed by atoms with E-state index in [1.54, 1.807) is 19.1 Å². The number of fused-ring (bicyclic) bond motifs is 3. The molecule has 10 heteroatoms. The van der Waals surface area contributed by atoms with Gasteiger partial charge in [0.05, 0.1) is 35.9 Å². The minimum Gasteiger partial charge on any atom is -0.507 e. The maximum absolute atomic E-state index is 14.1. The number of carbonyl (C=O) groups excluding carboxylic acids is 2. The van der Waals surface area contributed by atoms with Crippen LogP contribution in [0.1, 0.15) is 69.2 Å². The Morgan fingerprint density at radius 3 is 2.67 bits per heavy atom. The van der Waals surface area contributed by atoms with Gasteiger partial charge in [-0.3, -0.25) is 9.59 Å². The molecule has 2 aromatic rings. The summed E-state index contributed by atoms with van der Waals surface area (Å²) in [5.74, 6) is -1.07. The number of ether oxygens (including phenoxy) is 3. The van der Waals surface area contributed by atoms with E-state index < -0.39 is 35.6 Å². The lowest BCUT2D eigenvalue weighted by Gasteiger charge is -2.42. The fraction of sp³-hybridized carbons (Fsp3) is 0.448. The molecule has 2 aromatic carbocycles. The molecule has 6 rings (SSSR count). The van der Waals surface area contributed by atoms with Gasteiger partial charge in [-0.1, -0.05) is 18.2 Å². The zero-order valence-electron chi connectivity index (χ0n) is 21.8. The maximum atomic E-state index is 14.1. The van der Waals surface area contributed by atoms with Crippen LogP contribution < -0.4 is 9.47 Å². The van der Waals surface area contributed by atoms with Gasteiger partial charge in [0, 0.05) is 35.2 Å². The molecule has 2 aliphatic carbocycles. The van der Waals surface area contributed by atoms with Gasteiger partial charge in [0.1, 0.15) is 31.2 Å². The number of phenols is 1. The van der Waals surface area contributed by atoms with Crippen molar-refractivity contribution >= 4 is 19.4 Å². The first-order valence-electron chi connectivity index (χ1n) is 13.2. The second kappa shape index (κ2) is 9.40. The summed E-state index contributed by atoms with van der Waals surface area (Å²) in [5.41, 5.74) is -0.854. The van der Waals surface area contributed by atoms with Gasteiger partial charge in [0.25, 0.3) is 0 Å². The molecule has 0 saturated carbocycles. The number of ketones is 2. The topological polar surface area (TPSA) is 126 Å². The van der Waals surface area contributed by atoms with Crippen LogP contribution in [-0.2, 0) is 17.6 Å². The summed E-state index contributed by atoms with van der Waals surface area (Å²) >= 11 is 0. The molecule has 39 heavy (non-hydrogen) atoms. The Bertz CT molecular complexity index is 1400. The molecule has 4 aliphatic rings. The van der Waals surface area contributed by atoms with Crippen molar-refractivity contribution in [1.82, 2.24) is 4.90 Å². The summed E-state index contributed by atoms with van der Waals surface area (Å²) in [5, 5.41) is 32.8. The van der Waals surface area contributed by atoms with E-state index in [9.17, 15) is 24.9 Å². The summed E-state index contributed by atoms with van der Waals surface area (Å²) < 4.78 is 17.9. The van der Waals surface area contributed by atoms with Gasteiger partial charge in [-0.05, 0) is 44.9 Å². The van der Waals surface area contributed by atoms with E-state index >= 15 is 0 Å². The number of benzene rings is 2. The summed E-state index contributed by atoms with van der Waals surface area (Å²) in [7, 11) is 7.46. The van der Waals surface area contributed by atoms with Crippen LogP contribution in [0.5, 0.6) is 17.2 Å². The molecule has 0 spiro atoms. The van der Waals surface area contributed by atoms with Crippen LogP contribution >= 0.6 is 0 Å². The fourth-order valence-electron chi connectivity index (χ4n) is 6.30. The average Bonchev–Trinajstić information content (AvgIpc) is 3.44. The maximum Gasteiger partial charge on any atom is 0.202 e. The van der Waals surface area contributed by atoms with E-state index in [1.807, 2.05) is 12.3 Å². The monoisotopic (exact) mass is 531 g/mol. The van der Waals surface area contributed by atoms with Gasteiger partial charge in [-0.2, -0.15) is 0 Å². The van der Waals surface area contributed by atoms with Gasteiger partial charge >= 0.3 is 0 Å². The van der Waals surface area contributed by atoms with Crippen molar-refractivity contribution in [3.05, 3.63) is 63.9 Å². The second-order valence-corrected chi connectivity index (χ2v) is 10.8. The highest BCUT2D eigenvalue weighted by Gasteiger charge is 2.45. The molecule has 9 nitrogen and oxygen atoms in total. The number of phenolic OH excluding ortho intramolecular Hbond substituents is 1. The first-order chi connectivity index (χ1) is 18.6. The summed E-state index contributed by atoms with van der Waals surface area (Å²) in [4.78, 5) is 29.9. The van der Waals surface area contributed by atoms with E-state index in [2.05, 4.69) is 4.90 Å². The van der Waals surface area contributed by atoms with Crippen LogP contribution in [-0.4, -0.2) is 83.3 Å². The Kier molecular flexibility index (Phi) is 6.24. The Morgan fingerprint density at radius 1 is 1.15 bits per heavy atom. The van der Waals surface area contributed by atoms with Crippen LogP contribution in [0, 0.1) is 0 Å². The van der Waals surface area contributed by atoms with Crippen LogP contribution in [0.4, 0.5) is 0 Å². The Morgan fingerprint density at radius 2 is 1.95 bits per heavy atom. The highest BCUT2D eigenvalue weighted by atomic mass is 16.7. The lowest BCUT2D eigenvalue weighted by molar-refractivity contribution is -0.201. The first-order valence-corrected chi connectivity index (χ1v) is 13.2. The van der Waals surface area contributed by atoms with Crippen LogP contribution in [0.3, 0.4) is 0 Å². The predicted octanol–water partition coefficient (Wildman–Crippen LogP) is 1.98. The smallest absolute Gasteiger partial charge is 0.202 e. The van der Waals surface area contributed by atoms with Crippen molar-refractivity contribution < 1.29 is 39.1 Å². The Labute approximate surface area is 227 Å². The minimum atomic E-state index is -1.59. The predicted molar refractivity (Wildman–Crippen MR) is 141 cm³/mol. The molecule has 0 bridgehead atoms. The standard InChI is InChI=1S/C29H30BNO8/c1-14-24(32)18(31-10-3-4-11-31)12-20(38-14)39-28-15-8-9-29(30,36)13-17(15)26(34)22-23(28)27(35)21-16(25(22)33)6-5-7-19(21)37-2/h3,5-7,10,14,18,20,24,32,34,36H,4,8-9,11-13H2,1-2H3. The number of aliphatic hydroxyl groups excluding tert-OH is 1. The summed E-state index contributed by atoms with van der Waals surface area (Å²) in [6, 6.07) is 4.45. The van der Waals surface area contributed by atoms with Gasteiger partial charge in [-0.15, -0.1) is 0 Å². The van der Waals surface area contributed by atoms with Crippen LogP contribution in [0.25, 0.3) is 0 Å². The molecule has 5 atom stereocenters. The molecule has 202 valence electrons. The molecular formula is C29H30BNO8. The van der Waals surface area contributed by atoms with Crippen molar-refractivity contribution in [3.8, 4) is 17.2 Å². The third-order valence-corrected chi connectivity index (χ3v) is 8.30. The molecule has 3 N–H and O–H groups in total. The fourth-order valence-corrected chi connectivity index (χ4v) is 6.30. The molecule has 2 heterocycles. The number of aromatic hydroxyl groups is 1. The number of methoxy groups -OCH3 is 1. The quantitative estimate of drug-likeness (QED) is 0.434. The zero-order valence-corrected chi connectivity index (χ0v) is 21.8. The molecule has 2 radical (unpaired) electrons. The minimum absolute atomic E-state index is 0.0595. The molecule has 5 unspecified atom stereocenters. The van der Waals surface area contributed by atoms with Crippen molar-refractivity contribution in [1.29, 1.82) is 0 Å². The third-order valence-electron chi connectivity index (χ3n) is 8.30. The van der Waals surface area contributed by atoms with E-state index in [1.165, 1.54) is 13.2 Å². The SMILES string of the molecule is [B]C1(O)CCc2c(c(O)c3c(c2OC2CC(N4C=CCC4)C(O)C(C)O2)C(=O)c2c(OC)cccc2C3=O)C1. The van der Waals surface area contributed by atoms with Gasteiger partial charge < -0.3 is 34.4 Å². The molecule has 2 aliphatic heterocycles. The number of hydrogen-bond acceptors (Lipinski definition) is 9. The highest BCUT2D eigenvalue weighted by Crippen LogP contribution is 2.49.